The number of rotatable bonds is 5. The molecule has 1 aromatic carbocycles. The van der Waals surface area contributed by atoms with Crippen molar-refractivity contribution >= 4 is 37.9 Å². The molecular weight excluding hydrogens is 443 g/mol. The van der Waals surface area contributed by atoms with Crippen LogP contribution in [0.4, 0.5) is 0 Å². The SMILES string of the molecule is O=Cc1cn(C2CCC(COP3(=O)OCc4cc(Cl)ccc4O3)O2)c(=O)[nH]c1=S. The number of phosphoric acid groups is 1. The molecule has 0 amide bonds. The van der Waals surface area contributed by atoms with Crippen LogP contribution in [-0.4, -0.2) is 28.5 Å². The molecule has 0 saturated carbocycles. The maximum atomic E-state index is 12.7. The van der Waals surface area contributed by atoms with E-state index >= 15 is 0 Å². The summed E-state index contributed by atoms with van der Waals surface area (Å²) >= 11 is 10.8. The zero-order valence-electron chi connectivity index (χ0n) is 14.9. The maximum absolute atomic E-state index is 12.7. The Bertz CT molecular complexity index is 1120. The van der Waals surface area contributed by atoms with Gasteiger partial charge in [-0.15, -0.1) is 0 Å². The van der Waals surface area contributed by atoms with Crippen LogP contribution in [0.1, 0.15) is 35.0 Å². The minimum Gasteiger partial charge on any atom is -0.404 e. The third-order valence-corrected chi connectivity index (χ3v) is 6.45. The minimum absolute atomic E-state index is 0.0468. The van der Waals surface area contributed by atoms with E-state index in [0.29, 0.717) is 35.5 Å². The van der Waals surface area contributed by atoms with Gasteiger partial charge >= 0.3 is 13.5 Å². The van der Waals surface area contributed by atoms with Crippen molar-refractivity contribution in [2.45, 2.75) is 31.8 Å². The van der Waals surface area contributed by atoms with Crippen LogP contribution in [0.3, 0.4) is 0 Å². The van der Waals surface area contributed by atoms with Gasteiger partial charge in [-0.3, -0.25) is 23.4 Å². The molecule has 0 bridgehead atoms. The molecule has 1 fully saturated rings. The van der Waals surface area contributed by atoms with E-state index in [1.807, 2.05) is 0 Å². The molecule has 29 heavy (non-hydrogen) atoms. The molecule has 1 saturated heterocycles. The molecule has 1 aromatic heterocycles. The van der Waals surface area contributed by atoms with Gasteiger partial charge in [-0.1, -0.05) is 23.8 Å². The Balaban J connectivity index is 1.39. The summed E-state index contributed by atoms with van der Waals surface area (Å²) < 4.78 is 35.9. The first-order chi connectivity index (χ1) is 13.9. The van der Waals surface area contributed by atoms with E-state index in [1.54, 1.807) is 18.2 Å². The summed E-state index contributed by atoms with van der Waals surface area (Å²) in [4.78, 5) is 25.6. The van der Waals surface area contributed by atoms with Crippen LogP contribution in [-0.2, 0) is 25.0 Å². The van der Waals surface area contributed by atoms with Crippen LogP contribution in [0.2, 0.25) is 5.02 Å². The predicted octanol–water partition coefficient (Wildman–Crippen LogP) is 3.78. The van der Waals surface area contributed by atoms with Gasteiger partial charge < -0.3 is 9.26 Å². The second-order valence-electron chi connectivity index (χ2n) is 6.52. The Morgan fingerprint density at radius 2 is 2.24 bits per heavy atom. The number of nitrogens with zero attached hydrogens (tertiary/aromatic N) is 1. The third-order valence-electron chi connectivity index (χ3n) is 4.55. The summed E-state index contributed by atoms with van der Waals surface area (Å²) in [7, 11) is -3.79. The quantitative estimate of drug-likeness (QED) is 0.409. The van der Waals surface area contributed by atoms with Gasteiger partial charge in [0.2, 0.25) is 0 Å². The topological polar surface area (TPSA) is 109 Å². The highest BCUT2D eigenvalue weighted by atomic mass is 35.5. The van der Waals surface area contributed by atoms with E-state index in [4.69, 9.17) is 42.1 Å². The number of aldehydes is 1. The molecule has 154 valence electrons. The van der Waals surface area contributed by atoms with E-state index in [-0.39, 0.29) is 23.4 Å². The lowest BCUT2D eigenvalue weighted by molar-refractivity contribution is -0.0264. The number of halogens is 1. The Morgan fingerprint density at radius 3 is 3.03 bits per heavy atom. The van der Waals surface area contributed by atoms with Gasteiger partial charge in [0.1, 0.15) is 16.6 Å². The molecule has 2 aromatic rings. The van der Waals surface area contributed by atoms with Crippen molar-refractivity contribution in [2.24, 2.45) is 0 Å². The van der Waals surface area contributed by atoms with Gasteiger partial charge in [-0.05, 0) is 31.0 Å². The Morgan fingerprint density at radius 1 is 1.41 bits per heavy atom. The number of aromatic nitrogens is 2. The Kier molecular flexibility index (Phi) is 5.74. The first-order valence-electron chi connectivity index (χ1n) is 8.70. The lowest BCUT2D eigenvalue weighted by atomic mass is 10.2. The summed E-state index contributed by atoms with van der Waals surface area (Å²) in [6.45, 7) is 0.00324. The lowest BCUT2D eigenvalue weighted by Gasteiger charge is -2.25. The monoisotopic (exact) mass is 458 g/mol. The molecule has 3 heterocycles. The molecule has 3 unspecified atom stereocenters. The number of fused-ring (bicyclic) bond motifs is 1. The van der Waals surface area contributed by atoms with Gasteiger partial charge in [0.15, 0.2) is 6.29 Å². The summed E-state index contributed by atoms with van der Waals surface area (Å²) in [6.07, 6.45) is 1.95. The predicted molar refractivity (Wildman–Crippen MR) is 105 cm³/mol. The Labute approximate surface area is 175 Å². The van der Waals surface area contributed by atoms with Crippen LogP contribution in [0.15, 0.2) is 29.2 Å². The van der Waals surface area contributed by atoms with Gasteiger partial charge in [0.05, 0.1) is 24.9 Å². The molecule has 0 spiro atoms. The zero-order valence-corrected chi connectivity index (χ0v) is 17.4. The highest BCUT2D eigenvalue weighted by Gasteiger charge is 2.37. The molecule has 4 rings (SSSR count). The molecular formula is C17H16ClN2O7PS. The number of carbonyl (C=O) groups excluding carboxylic acids is 1. The van der Waals surface area contributed by atoms with E-state index in [2.05, 4.69) is 4.98 Å². The van der Waals surface area contributed by atoms with Crippen molar-refractivity contribution in [3.63, 3.8) is 0 Å². The third kappa shape index (κ3) is 4.37. The highest BCUT2D eigenvalue weighted by molar-refractivity contribution is 7.71. The number of hydrogen-bond acceptors (Lipinski definition) is 8. The van der Waals surface area contributed by atoms with Crippen LogP contribution in [0, 0.1) is 4.64 Å². The van der Waals surface area contributed by atoms with Gasteiger partial charge in [0, 0.05) is 16.8 Å². The molecule has 9 nitrogen and oxygen atoms in total. The molecule has 1 N–H and O–H groups in total. The van der Waals surface area contributed by atoms with Crippen molar-refractivity contribution in [1.82, 2.24) is 9.55 Å². The van der Waals surface area contributed by atoms with Crippen molar-refractivity contribution < 1.29 is 27.7 Å². The average Bonchev–Trinajstić information content (AvgIpc) is 3.16. The highest BCUT2D eigenvalue weighted by Crippen LogP contribution is 2.55. The standard InChI is InChI=1S/C17H16ClN2O7PS/c18-12-1-3-14-10(5-12)8-24-28(23,27-14)25-9-13-2-4-15(26-13)20-6-11(7-21)16(29)19-17(20)22/h1,3,5-7,13,15H,2,4,8-9H2,(H,19,22,29). The number of carbonyl (C=O) groups is 1. The summed E-state index contributed by atoms with van der Waals surface area (Å²) in [5.74, 6) is 0.390. The van der Waals surface area contributed by atoms with Gasteiger partial charge in [-0.2, -0.15) is 0 Å². The maximum Gasteiger partial charge on any atom is 0.530 e. The molecule has 0 aliphatic carbocycles. The van der Waals surface area contributed by atoms with Crippen LogP contribution in [0.5, 0.6) is 5.75 Å². The number of hydrogen-bond donors (Lipinski definition) is 1. The fourth-order valence-electron chi connectivity index (χ4n) is 3.10. The zero-order chi connectivity index (χ0) is 20.6. The Hall–Kier alpha value is -1.81. The minimum atomic E-state index is -3.79. The van der Waals surface area contributed by atoms with Crippen molar-refractivity contribution in [3.8, 4) is 5.75 Å². The molecule has 2 aliphatic rings. The number of H-pyrrole nitrogens is 1. The number of nitrogens with one attached hydrogen (secondary N) is 1. The largest absolute Gasteiger partial charge is 0.530 e. The molecule has 3 atom stereocenters. The molecule has 0 radical (unpaired) electrons. The fourth-order valence-corrected chi connectivity index (χ4v) is 4.72. The van der Waals surface area contributed by atoms with E-state index in [0.717, 1.165) is 0 Å². The summed E-state index contributed by atoms with van der Waals surface area (Å²) in [5, 5.41) is 0.522. The second-order valence-corrected chi connectivity index (χ2v) is 8.96. The van der Waals surface area contributed by atoms with Gasteiger partial charge in [0.25, 0.3) is 0 Å². The number of phosphoric ester groups is 1. The van der Waals surface area contributed by atoms with E-state index in [9.17, 15) is 14.2 Å². The van der Waals surface area contributed by atoms with Crippen molar-refractivity contribution in [1.29, 1.82) is 0 Å². The number of ether oxygens (including phenoxy) is 1. The first kappa shape index (κ1) is 20.5. The van der Waals surface area contributed by atoms with Crippen LogP contribution >= 0.6 is 31.6 Å². The van der Waals surface area contributed by atoms with Crippen LogP contribution in [0.25, 0.3) is 0 Å². The first-order valence-corrected chi connectivity index (χ1v) is 10.9. The number of benzene rings is 1. The number of aromatic amines is 1. The van der Waals surface area contributed by atoms with E-state index < -0.39 is 25.8 Å². The summed E-state index contributed by atoms with van der Waals surface area (Å²) in [6, 6.07) is 4.90. The normalized spacial score (nSPS) is 26.0. The lowest BCUT2D eigenvalue weighted by Crippen LogP contribution is -2.28. The molecule has 2 aliphatic heterocycles. The smallest absolute Gasteiger partial charge is 0.404 e. The van der Waals surface area contributed by atoms with Gasteiger partial charge in [-0.25, -0.2) is 9.36 Å². The van der Waals surface area contributed by atoms with Crippen molar-refractivity contribution in [2.75, 3.05) is 6.61 Å². The second kappa shape index (κ2) is 8.14. The van der Waals surface area contributed by atoms with E-state index in [1.165, 1.54) is 10.8 Å². The fraction of sp³-hybridized carbons (Fsp3) is 0.353. The molecule has 12 heteroatoms. The van der Waals surface area contributed by atoms with Crippen LogP contribution < -0.4 is 10.2 Å². The average molecular weight is 459 g/mol. The van der Waals surface area contributed by atoms with Crippen molar-refractivity contribution in [3.05, 3.63) is 55.7 Å². The summed E-state index contributed by atoms with van der Waals surface area (Å²) in [5.41, 5.74) is 0.390.